The molecule has 1 amide bonds. The highest BCUT2D eigenvalue weighted by Crippen LogP contribution is 2.21. The average Bonchev–Trinajstić information content (AvgIpc) is 2.35. The monoisotopic (exact) mass is 240 g/mol. The number of nitrogens with zero attached hydrogens (tertiary/aromatic N) is 1. The highest BCUT2D eigenvalue weighted by Gasteiger charge is 2.28. The fourth-order valence-corrected chi connectivity index (χ4v) is 2.74. The third kappa shape index (κ3) is 4.66. The maximum absolute atomic E-state index is 11.8. The van der Waals surface area contributed by atoms with Crippen molar-refractivity contribution in [2.75, 3.05) is 19.6 Å². The number of likely N-dealkylation sites (tertiary alicyclic amines) is 1. The summed E-state index contributed by atoms with van der Waals surface area (Å²) in [6, 6.07) is 0.510. The lowest BCUT2D eigenvalue weighted by Gasteiger charge is -2.38. The highest BCUT2D eigenvalue weighted by atomic mass is 16.2. The predicted molar refractivity (Wildman–Crippen MR) is 72.0 cm³/mol. The summed E-state index contributed by atoms with van der Waals surface area (Å²) in [5.41, 5.74) is 0. The maximum atomic E-state index is 11.8. The first kappa shape index (κ1) is 14.5. The number of piperidine rings is 1. The molecule has 0 aromatic heterocycles. The molecule has 1 saturated heterocycles. The molecule has 0 radical (unpaired) electrons. The van der Waals surface area contributed by atoms with E-state index in [-0.39, 0.29) is 0 Å². The second kappa shape index (κ2) is 7.70. The predicted octanol–water partition coefficient (Wildman–Crippen LogP) is 2.41. The van der Waals surface area contributed by atoms with Crippen LogP contribution >= 0.6 is 0 Å². The van der Waals surface area contributed by atoms with Crippen LogP contribution in [-0.2, 0) is 4.79 Å². The van der Waals surface area contributed by atoms with Crippen LogP contribution in [0.4, 0.5) is 0 Å². The first-order valence-electron chi connectivity index (χ1n) is 7.22. The van der Waals surface area contributed by atoms with Gasteiger partial charge in [-0.05, 0) is 31.7 Å². The van der Waals surface area contributed by atoms with Gasteiger partial charge in [-0.2, -0.15) is 0 Å². The molecule has 1 N–H and O–H groups in total. The average molecular weight is 240 g/mol. The summed E-state index contributed by atoms with van der Waals surface area (Å²) >= 11 is 0. The topological polar surface area (TPSA) is 32.3 Å². The standard InChI is InChI=1S/C14H28N2O/c1-4-7-12-9-13(15-8-5-2)11-16(10-12)14(17)6-3/h12-13,15H,4-11H2,1-3H3. The Bertz CT molecular complexity index is 230. The van der Waals surface area contributed by atoms with Gasteiger partial charge in [0, 0.05) is 25.6 Å². The Kier molecular flexibility index (Phi) is 6.56. The van der Waals surface area contributed by atoms with Crippen LogP contribution in [0.2, 0.25) is 0 Å². The molecule has 0 saturated carbocycles. The number of hydrogen-bond donors (Lipinski definition) is 1. The van der Waals surface area contributed by atoms with Crippen molar-refractivity contribution in [2.45, 2.75) is 58.9 Å². The zero-order valence-corrected chi connectivity index (χ0v) is 11.7. The van der Waals surface area contributed by atoms with Gasteiger partial charge >= 0.3 is 0 Å². The summed E-state index contributed by atoms with van der Waals surface area (Å²) < 4.78 is 0. The molecule has 2 unspecified atom stereocenters. The van der Waals surface area contributed by atoms with E-state index in [1.165, 1.54) is 19.3 Å². The lowest BCUT2D eigenvalue weighted by molar-refractivity contribution is -0.133. The van der Waals surface area contributed by atoms with Crippen molar-refractivity contribution in [1.29, 1.82) is 0 Å². The van der Waals surface area contributed by atoms with Gasteiger partial charge in [0.05, 0.1) is 0 Å². The molecular weight excluding hydrogens is 212 g/mol. The van der Waals surface area contributed by atoms with Crippen molar-refractivity contribution >= 4 is 5.91 Å². The van der Waals surface area contributed by atoms with E-state index < -0.39 is 0 Å². The highest BCUT2D eigenvalue weighted by molar-refractivity contribution is 5.76. The summed E-state index contributed by atoms with van der Waals surface area (Å²) in [6.45, 7) is 9.33. The van der Waals surface area contributed by atoms with E-state index in [1.807, 2.05) is 6.92 Å². The van der Waals surface area contributed by atoms with Gasteiger partial charge in [-0.1, -0.05) is 27.2 Å². The summed E-state index contributed by atoms with van der Waals surface area (Å²) in [7, 11) is 0. The SMILES string of the molecule is CCCNC1CC(CCC)CN(C(=O)CC)C1. The molecule has 3 heteroatoms. The Morgan fingerprint density at radius 1 is 1.24 bits per heavy atom. The number of carbonyl (C=O) groups is 1. The maximum Gasteiger partial charge on any atom is 0.222 e. The third-order valence-electron chi connectivity index (χ3n) is 3.57. The first-order valence-corrected chi connectivity index (χ1v) is 7.22. The van der Waals surface area contributed by atoms with Crippen molar-refractivity contribution in [3.05, 3.63) is 0 Å². The summed E-state index contributed by atoms with van der Waals surface area (Å²) in [6.07, 6.45) is 5.51. The summed E-state index contributed by atoms with van der Waals surface area (Å²) in [5, 5.41) is 3.57. The van der Waals surface area contributed by atoms with Crippen LogP contribution in [0.1, 0.15) is 52.9 Å². The molecule has 1 aliphatic heterocycles. The number of hydrogen-bond acceptors (Lipinski definition) is 2. The van der Waals surface area contributed by atoms with Gasteiger partial charge in [0.2, 0.25) is 5.91 Å². The van der Waals surface area contributed by atoms with Crippen LogP contribution in [-0.4, -0.2) is 36.5 Å². The number of amides is 1. The minimum absolute atomic E-state index is 0.314. The van der Waals surface area contributed by atoms with Crippen molar-refractivity contribution in [2.24, 2.45) is 5.92 Å². The van der Waals surface area contributed by atoms with Gasteiger partial charge in [0.1, 0.15) is 0 Å². The molecule has 1 heterocycles. The molecule has 17 heavy (non-hydrogen) atoms. The lowest BCUT2D eigenvalue weighted by Crippen LogP contribution is -2.51. The van der Waals surface area contributed by atoms with Crippen LogP contribution in [0.15, 0.2) is 0 Å². The van der Waals surface area contributed by atoms with Crippen LogP contribution < -0.4 is 5.32 Å². The Morgan fingerprint density at radius 2 is 2.00 bits per heavy atom. The molecule has 0 aromatic rings. The molecule has 0 spiro atoms. The van der Waals surface area contributed by atoms with E-state index in [2.05, 4.69) is 24.1 Å². The third-order valence-corrected chi connectivity index (χ3v) is 3.57. The molecule has 1 rings (SSSR count). The summed E-state index contributed by atoms with van der Waals surface area (Å²) in [5.74, 6) is 1.01. The van der Waals surface area contributed by atoms with Gasteiger partial charge in [-0.15, -0.1) is 0 Å². The quantitative estimate of drug-likeness (QED) is 0.773. The molecule has 0 aromatic carbocycles. The van der Waals surface area contributed by atoms with Crippen LogP contribution in [0.25, 0.3) is 0 Å². The number of nitrogens with one attached hydrogen (secondary N) is 1. The fraction of sp³-hybridized carbons (Fsp3) is 0.929. The minimum atomic E-state index is 0.314. The van der Waals surface area contributed by atoms with Crippen LogP contribution in [0, 0.1) is 5.92 Å². The van der Waals surface area contributed by atoms with Gasteiger partial charge in [-0.25, -0.2) is 0 Å². The molecule has 0 aliphatic carbocycles. The fourth-order valence-electron chi connectivity index (χ4n) is 2.74. The van der Waals surface area contributed by atoms with Crippen molar-refractivity contribution in [1.82, 2.24) is 10.2 Å². The molecule has 1 fully saturated rings. The molecule has 0 bridgehead atoms. The molecule has 3 nitrogen and oxygen atoms in total. The Hall–Kier alpha value is -0.570. The lowest BCUT2D eigenvalue weighted by atomic mass is 9.90. The van der Waals surface area contributed by atoms with E-state index in [9.17, 15) is 4.79 Å². The molecule has 1 aliphatic rings. The van der Waals surface area contributed by atoms with E-state index in [1.54, 1.807) is 0 Å². The Balaban J connectivity index is 2.52. The summed E-state index contributed by atoms with van der Waals surface area (Å²) in [4.78, 5) is 13.9. The van der Waals surface area contributed by atoms with E-state index in [4.69, 9.17) is 0 Å². The van der Waals surface area contributed by atoms with Gasteiger partial charge in [0.15, 0.2) is 0 Å². The van der Waals surface area contributed by atoms with Gasteiger partial charge < -0.3 is 10.2 Å². The Labute approximate surface area is 106 Å². The van der Waals surface area contributed by atoms with E-state index in [0.29, 0.717) is 24.3 Å². The van der Waals surface area contributed by atoms with Crippen molar-refractivity contribution < 1.29 is 4.79 Å². The molecule has 100 valence electrons. The largest absolute Gasteiger partial charge is 0.341 e. The van der Waals surface area contributed by atoms with Gasteiger partial charge in [0.25, 0.3) is 0 Å². The van der Waals surface area contributed by atoms with Crippen LogP contribution in [0.3, 0.4) is 0 Å². The van der Waals surface area contributed by atoms with Gasteiger partial charge in [-0.3, -0.25) is 4.79 Å². The number of rotatable bonds is 6. The second-order valence-corrected chi connectivity index (χ2v) is 5.19. The second-order valence-electron chi connectivity index (χ2n) is 5.19. The first-order chi connectivity index (χ1) is 8.21. The van der Waals surface area contributed by atoms with Crippen molar-refractivity contribution in [3.8, 4) is 0 Å². The Morgan fingerprint density at radius 3 is 2.59 bits per heavy atom. The molecule has 2 atom stereocenters. The minimum Gasteiger partial charge on any atom is -0.341 e. The zero-order valence-electron chi connectivity index (χ0n) is 11.7. The normalized spacial score (nSPS) is 25.0. The van der Waals surface area contributed by atoms with Crippen molar-refractivity contribution in [3.63, 3.8) is 0 Å². The van der Waals surface area contributed by atoms with E-state index in [0.717, 1.165) is 26.1 Å². The van der Waals surface area contributed by atoms with E-state index >= 15 is 0 Å². The van der Waals surface area contributed by atoms with Crippen LogP contribution in [0.5, 0.6) is 0 Å². The zero-order chi connectivity index (χ0) is 12.7. The molecular formula is C14H28N2O. The number of carbonyl (C=O) groups excluding carboxylic acids is 1. The smallest absolute Gasteiger partial charge is 0.222 e.